The van der Waals surface area contributed by atoms with Gasteiger partial charge in [-0.25, -0.2) is 0 Å². The summed E-state index contributed by atoms with van der Waals surface area (Å²) >= 11 is 0. The standard InChI is InChI=1S/C15H24/c1-4-5-6-9-13(2)12-15-11-8-7-10-14(15)3/h4,8,11,13H,1,5-7,9-10,12H2,2-3H3/t13-/m1/s1. The van der Waals surface area contributed by atoms with Crippen LogP contribution in [0.25, 0.3) is 0 Å². The van der Waals surface area contributed by atoms with E-state index in [1.54, 1.807) is 11.1 Å². The van der Waals surface area contributed by atoms with Crippen LogP contribution in [0.3, 0.4) is 0 Å². The molecule has 1 atom stereocenters. The van der Waals surface area contributed by atoms with Gasteiger partial charge in [-0.2, -0.15) is 0 Å². The van der Waals surface area contributed by atoms with Gasteiger partial charge in [-0.1, -0.05) is 37.1 Å². The Morgan fingerprint density at radius 1 is 1.53 bits per heavy atom. The van der Waals surface area contributed by atoms with Crippen molar-refractivity contribution in [3.63, 3.8) is 0 Å². The lowest BCUT2D eigenvalue weighted by atomic mass is 9.89. The van der Waals surface area contributed by atoms with Crippen molar-refractivity contribution in [3.05, 3.63) is 36.0 Å². The van der Waals surface area contributed by atoms with E-state index in [0.717, 1.165) is 12.3 Å². The molecule has 0 spiro atoms. The zero-order valence-electron chi connectivity index (χ0n) is 10.3. The topological polar surface area (TPSA) is 0 Å². The van der Waals surface area contributed by atoms with Crippen LogP contribution in [0.15, 0.2) is 36.0 Å². The monoisotopic (exact) mass is 204 g/mol. The average Bonchev–Trinajstić information content (AvgIpc) is 2.22. The van der Waals surface area contributed by atoms with Crippen molar-refractivity contribution in [2.45, 2.75) is 52.4 Å². The molecule has 0 radical (unpaired) electrons. The van der Waals surface area contributed by atoms with Gasteiger partial charge in [-0.15, -0.1) is 6.58 Å². The van der Waals surface area contributed by atoms with Gasteiger partial charge in [-0.05, 0) is 50.5 Å². The number of unbranched alkanes of at least 4 members (excludes halogenated alkanes) is 1. The van der Waals surface area contributed by atoms with E-state index in [0.29, 0.717) is 0 Å². The number of rotatable bonds is 6. The third-order valence-corrected chi connectivity index (χ3v) is 3.23. The molecule has 0 fully saturated rings. The zero-order chi connectivity index (χ0) is 11.1. The van der Waals surface area contributed by atoms with E-state index >= 15 is 0 Å². The lowest BCUT2D eigenvalue weighted by Crippen LogP contribution is -2.00. The van der Waals surface area contributed by atoms with E-state index in [2.05, 4.69) is 32.6 Å². The summed E-state index contributed by atoms with van der Waals surface area (Å²) in [5.41, 5.74) is 3.19. The fourth-order valence-electron chi connectivity index (χ4n) is 2.16. The summed E-state index contributed by atoms with van der Waals surface area (Å²) in [6.07, 6.45) is 14.2. The fourth-order valence-corrected chi connectivity index (χ4v) is 2.16. The first kappa shape index (κ1) is 12.3. The minimum Gasteiger partial charge on any atom is -0.103 e. The van der Waals surface area contributed by atoms with Gasteiger partial charge >= 0.3 is 0 Å². The summed E-state index contributed by atoms with van der Waals surface area (Å²) in [6, 6.07) is 0. The van der Waals surface area contributed by atoms with Gasteiger partial charge in [0.25, 0.3) is 0 Å². The van der Waals surface area contributed by atoms with Crippen molar-refractivity contribution in [3.8, 4) is 0 Å². The molecule has 0 saturated heterocycles. The fraction of sp³-hybridized carbons (Fsp3) is 0.600. The van der Waals surface area contributed by atoms with Crippen molar-refractivity contribution >= 4 is 0 Å². The summed E-state index contributed by atoms with van der Waals surface area (Å²) in [4.78, 5) is 0. The number of allylic oxidation sites excluding steroid dienone is 5. The SMILES string of the molecule is C=CCCC[C@@H](C)CC1=C(C)CCC=C1. The molecule has 0 bridgehead atoms. The van der Waals surface area contributed by atoms with Crippen LogP contribution in [0, 0.1) is 5.92 Å². The first-order valence-corrected chi connectivity index (χ1v) is 6.20. The smallest absolute Gasteiger partial charge is 0.0254 e. The van der Waals surface area contributed by atoms with Crippen molar-refractivity contribution in [2.75, 3.05) is 0 Å². The van der Waals surface area contributed by atoms with E-state index in [1.165, 1.54) is 32.1 Å². The van der Waals surface area contributed by atoms with Crippen molar-refractivity contribution in [2.24, 2.45) is 5.92 Å². The van der Waals surface area contributed by atoms with Crippen molar-refractivity contribution in [1.29, 1.82) is 0 Å². The van der Waals surface area contributed by atoms with Gasteiger partial charge in [0.2, 0.25) is 0 Å². The molecular weight excluding hydrogens is 180 g/mol. The Bertz CT molecular complexity index is 255. The quantitative estimate of drug-likeness (QED) is 0.420. The molecule has 15 heavy (non-hydrogen) atoms. The molecule has 1 aliphatic carbocycles. The van der Waals surface area contributed by atoms with E-state index in [4.69, 9.17) is 0 Å². The van der Waals surface area contributed by atoms with Crippen LogP contribution < -0.4 is 0 Å². The van der Waals surface area contributed by atoms with Crippen LogP contribution >= 0.6 is 0 Å². The first-order chi connectivity index (χ1) is 7.24. The second kappa shape index (κ2) is 6.66. The highest BCUT2D eigenvalue weighted by molar-refractivity contribution is 5.28. The Kier molecular flexibility index (Phi) is 5.45. The van der Waals surface area contributed by atoms with Crippen molar-refractivity contribution < 1.29 is 0 Å². The van der Waals surface area contributed by atoms with Gasteiger partial charge in [0.15, 0.2) is 0 Å². The Morgan fingerprint density at radius 3 is 3.00 bits per heavy atom. The average molecular weight is 204 g/mol. The van der Waals surface area contributed by atoms with E-state index in [9.17, 15) is 0 Å². The molecular formula is C15H24. The highest BCUT2D eigenvalue weighted by Crippen LogP contribution is 2.26. The highest BCUT2D eigenvalue weighted by Gasteiger charge is 2.08. The second-order valence-electron chi connectivity index (χ2n) is 4.78. The molecule has 0 aromatic carbocycles. The van der Waals surface area contributed by atoms with Gasteiger partial charge in [-0.3, -0.25) is 0 Å². The molecule has 0 heterocycles. The van der Waals surface area contributed by atoms with Crippen LogP contribution in [0.5, 0.6) is 0 Å². The van der Waals surface area contributed by atoms with Gasteiger partial charge in [0.05, 0.1) is 0 Å². The van der Waals surface area contributed by atoms with Gasteiger partial charge in [0.1, 0.15) is 0 Å². The number of hydrogen-bond donors (Lipinski definition) is 0. The molecule has 0 aromatic rings. The second-order valence-corrected chi connectivity index (χ2v) is 4.78. The Morgan fingerprint density at radius 2 is 2.33 bits per heavy atom. The summed E-state index contributed by atoms with van der Waals surface area (Å²) in [5.74, 6) is 0.817. The summed E-state index contributed by atoms with van der Waals surface area (Å²) < 4.78 is 0. The first-order valence-electron chi connectivity index (χ1n) is 6.20. The molecule has 0 unspecified atom stereocenters. The van der Waals surface area contributed by atoms with Crippen molar-refractivity contribution in [1.82, 2.24) is 0 Å². The lowest BCUT2D eigenvalue weighted by Gasteiger charge is -2.16. The summed E-state index contributed by atoms with van der Waals surface area (Å²) in [5, 5.41) is 0. The third kappa shape index (κ3) is 4.51. The lowest BCUT2D eigenvalue weighted by molar-refractivity contribution is 0.509. The molecule has 0 aromatic heterocycles. The van der Waals surface area contributed by atoms with Gasteiger partial charge in [0, 0.05) is 0 Å². The molecule has 84 valence electrons. The van der Waals surface area contributed by atoms with E-state index in [1.807, 2.05) is 6.08 Å². The van der Waals surface area contributed by atoms with Crippen LogP contribution in [0.1, 0.15) is 52.4 Å². The Hall–Kier alpha value is -0.780. The van der Waals surface area contributed by atoms with E-state index < -0.39 is 0 Å². The minimum absolute atomic E-state index is 0.817. The van der Waals surface area contributed by atoms with Crippen LogP contribution in [-0.2, 0) is 0 Å². The molecule has 0 saturated carbocycles. The Labute approximate surface area is 94.8 Å². The predicted octanol–water partition coefficient (Wildman–Crippen LogP) is 5.04. The maximum absolute atomic E-state index is 3.76. The Balaban J connectivity index is 2.33. The third-order valence-electron chi connectivity index (χ3n) is 3.23. The molecule has 0 N–H and O–H groups in total. The number of hydrogen-bond acceptors (Lipinski definition) is 0. The molecule has 0 heteroatoms. The molecule has 1 aliphatic rings. The molecule has 1 rings (SSSR count). The molecule has 0 amide bonds. The molecule has 0 nitrogen and oxygen atoms in total. The van der Waals surface area contributed by atoms with Crippen LogP contribution in [0.2, 0.25) is 0 Å². The molecule has 0 aliphatic heterocycles. The maximum Gasteiger partial charge on any atom is -0.0254 e. The minimum atomic E-state index is 0.817. The predicted molar refractivity (Wildman–Crippen MR) is 68.9 cm³/mol. The summed E-state index contributed by atoms with van der Waals surface area (Å²) in [7, 11) is 0. The summed E-state index contributed by atoms with van der Waals surface area (Å²) in [6.45, 7) is 8.42. The maximum atomic E-state index is 3.76. The van der Waals surface area contributed by atoms with Crippen LogP contribution in [-0.4, -0.2) is 0 Å². The van der Waals surface area contributed by atoms with Gasteiger partial charge < -0.3 is 0 Å². The largest absolute Gasteiger partial charge is 0.103 e. The zero-order valence-corrected chi connectivity index (χ0v) is 10.3. The van der Waals surface area contributed by atoms with Crippen LogP contribution in [0.4, 0.5) is 0 Å². The normalized spacial score (nSPS) is 18.0. The van der Waals surface area contributed by atoms with E-state index in [-0.39, 0.29) is 0 Å². The highest BCUT2D eigenvalue weighted by atomic mass is 14.1.